The highest BCUT2D eigenvalue weighted by atomic mass is 16.6. The van der Waals surface area contributed by atoms with Crippen LogP contribution in [0.2, 0.25) is 0 Å². The van der Waals surface area contributed by atoms with Gasteiger partial charge in [0.2, 0.25) is 5.91 Å². The highest BCUT2D eigenvalue weighted by Gasteiger charge is 2.49. The van der Waals surface area contributed by atoms with E-state index in [1.54, 1.807) is 7.05 Å². The van der Waals surface area contributed by atoms with Crippen LogP contribution in [0, 0.1) is 5.92 Å². The summed E-state index contributed by atoms with van der Waals surface area (Å²) < 4.78 is 5.20. The van der Waals surface area contributed by atoms with Gasteiger partial charge in [-0.1, -0.05) is 0 Å². The second-order valence-corrected chi connectivity index (χ2v) is 3.00. The summed E-state index contributed by atoms with van der Waals surface area (Å²) in [5.41, 5.74) is 0. The molecule has 3 nitrogen and oxygen atoms in total. The summed E-state index contributed by atoms with van der Waals surface area (Å²) in [6.07, 6.45) is 2.71. The molecule has 0 bridgehead atoms. The highest BCUT2D eigenvalue weighted by Crippen LogP contribution is 2.41. The van der Waals surface area contributed by atoms with Crippen molar-refractivity contribution in [2.75, 3.05) is 7.05 Å². The second kappa shape index (κ2) is 1.95. The number of carbonyl (C=O) groups is 1. The lowest BCUT2D eigenvalue weighted by atomic mass is 10.1. The summed E-state index contributed by atoms with van der Waals surface area (Å²) in [6.45, 7) is 0. The maximum Gasteiger partial charge on any atom is 0.223 e. The molecule has 0 aromatic carbocycles. The summed E-state index contributed by atoms with van der Waals surface area (Å²) in [6, 6.07) is 0. The van der Waals surface area contributed by atoms with E-state index in [-0.39, 0.29) is 11.8 Å². The number of carbonyl (C=O) groups excluding carboxylic acids is 1. The van der Waals surface area contributed by atoms with E-state index >= 15 is 0 Å². The highest BCUT2D eigenvalue weighted by molar-refractivity contribution is 5.78. The van der Waals surface area contributed by atoms with Crippen LogP contribution < -0.4 is 5.32 Å². The van der Waals surface area contributed by atoms with E-state index in [9.17, 15) is 4.79 Å². The molecule has 1 amide bonds. The Morgan fingerprint density at radius 2 is 2.10 bits per heavy atom. The minimum Gasteiger partial charge on any atom is -0.370 e. The lowest BCUT2D eigenvalue weighted by molar-refractivity contribution is -0.125. The van der Waals surface area contributed by atoms with Gasteiger partial charge < -0.3 is 10.1 Å². The van der Waals surface area contributed by atoms with Crippen molar-refractivity contribution in [3.05, 3.63) is 0 Å². The Balaban J connectivity index is 1.90. The Labute approximate surface area is 59.7 Å². The van der Waals surface area contributed by atoms with Gasteiger partial charge in [0.05, 0.1) is 12.2 Å². The van der Waals surface area contributed by atoms with Crippen molar-refractivity contribution < 1.29 is 9.53 Å². The molecule has 1 saturated heterocycles. The molecule has 1 N–H and O–H groups in total. The number of ether oxygens (including phenoxy) is 1. The molecule has 1 saturated carbocycles. The molecular formula is C7H11NO2. The van der Waals surface area contributed by atoms with Gasteiger partial charge in [-0.05, 0) is 12.8 Å². The quantitative estimate of drug-likeness (QED) is 0.518. The number of fused-ring (bicyclic) bond motifs is 1. The topological polar surface area (TPSA) is 41.6 Å². The van der Waals surface area contributed by atoms with Crippen molar-refractivity contribution in [1.82, 2.24) is 5.32 Å². The predicted molar refractivity (Wildman–Crippen MR) is 35.5 cm³/mol. The monoisotopic (exact) mass is 141 g/mol. The SMILES string of the molecule is CNC(=O)C1CC2OC2C1. The Morgan fingerprint density at radius 3 is 2.60 bits per heavy atom. The second-order valence-electron chi connectivity index (χ2n) is 3.00. The third-order valence-corrected chi connectivity index (χ3v) is 2.34. The average Bonchev–Trinajstić information content (AvgIpc) is 2.57. The molecule has 2 unspecified atom stereocenters. The molecule has 2 rings (SSSR count). The molecule has 2 atom stereocenters. The van der Waals surface area contributed by atoms with Crippen molar-refractivity contribution in [2.24, 2.45) is 5.92 Å². The van der Waals surface area contributed by atoms with Gasteiger partial charge in [0, 0.05) is 13.0 Å². The third-order valence-electron chi connectivity index (χ3n) is 2.34. The van der Waals surface area contributed by atoms with E-state index in [0.29, 0.717) is 12.2 Å². The maximum atomic E-state index is 11.0. The smallest absolute Gasteiger partial charge is 0.223 e. The molecule has 0 aromatic rings. The van der Waals surface area contributed by atoms with E-state index in [0.717, 1.165) is 12.8 Å². The number of epoxide rings is 1. The van der Waals surface area contributed by atoms with Gasteiger partial charge in [-0.3, -0.25) is 4.79 Å². The van der Waals surface area contributed by atoms with E-state index in [2.05, 4.69) is 5.32 Å². The van der Waals surface area contributed by atoms with Gasteiger partial charge in [0.1, 0.15) is 0 Å². The summed E-state index contributed by atoms with van der Waals surface area (Å²) in [7, 11) is 1.69. The summed E-state index contributed by atoms with van der Waals surface area (Å²) >= 11 is 0. The Hall–Kier alpha value is -0.570. The van der Waals surface area contributed by atoms with Gasteiger partial charge >= 0.3 is 0 Å². The molecule has 3 heteroatoms. The number of hydrogen-bond acceptors (Lipinski definition) is 2. The minimum absolute atomic E-state index is 0.177. The molecule has 1 aliphatic heterocycles. The van der Waals surface area contributed by atoms with Crippen LogP contribution in [-0.4, -0.2) is 25.2 Å². The van der Waals surface area contributed by atoms with Crippen molar-refractivity contribution in [3.8, 4) is 0 Å². The van der Waals surface area contributed by atoms with Crippen molar-refractivity contribution in [1.29, 1.82) is 0 Å². The standard InChI is InChI=1S/C7H11NO2/c1-8-7(9)4-2-5-6(3-4)10-5/h4-6H,2-3H2,1H3,(H,8,9). The normalized spacial score (nSPS) is 42.7. The number of hydrogen-bond donors (Lipinski definition) is 1. The van der Waals surface area contributed by atoms with Gasteiger partial charge in [-0.25, -0.2) is 0 Å². The van der Waals surface area contributed by atoms with Crippen LogP contribution >= 0.6 is 0 Å². The Bertz CT molecular complexity index is 159. The minimum atomic E-state index is 0.177. The number of nitrogens with one attached hydrogen (secondary N) is 1. The van der Waals surface area contributed by atoms with Crippen LogP contribution in [0.25, 0.3) is 0 Å². The van der Waals surface area contributed by atoms with Crippen molar-refractivity contribution in [3.63, 3.8) is 0 Å². The largest absolute Gasteiger partial charge is 0.370 e. The molecule has 0 spiro atoms. The summed E-state index contributed by atoms with van der Waals surface area (Å²) in [4.78, 5) is 11.0. The lowest BCUT2D eigenvalue weighted by Crippen LogP contribution is -2.26. The maximum absolute atomic E-state index is 11.0. The van der Waals surface area contributed by atoms with Crippen LogP contribution in [0.3, 0.4) is 0 Å². The zero-order valence-electron chi connectivity index (χ0n) is 5.96. The average molecular weight is 141 g/mol. The molecule has 1 heterocycles. The first-order valence-electron chi connectivity index (χ1n) is 3.68. The molecular weight excluding hydrogens is 130 g/mol. The van der Waals surface area contributed by atoms with E-state index in [1.165, 1.54) is 0 Å². The lowest BCUT2D eigenvalue weighted by Gasteiger charge is -2.07. The molecule has 0 radical (unpaired) electrons. The number of rotatable bonds is 1. The van der Waals surface area contributed by atoms with Gasteiger partial charge in [0.15, 0.2) is 0 Å². The van der Waals surface area contributed by atoms with Gasteiger partial charge in [0.25, 0.3) is 0 Å². The molecule has 2 fully saturated rings. The van der Waals surface area contributed by atoms with Gasteiger partial charge in [-0.15, -0.1) is 0 Å². The fraction of sp³-hybridized carbons (Fsp3) is 0.857. The van der Waals surface area contributed by atoms with E-state index in [4.69, 9.17) is 4.74 Å². The van der Waals surface area contributed by atoms with Crippen molar-refractivity contribution >= 4 is 5.91 Å². The first-order valence-corrected chi connectivity index (χ1v) is 3.68. The summed E-state index contributed by atoms with van der Waals surface area (Å²) in [5, 5.41) is 2.65. The summed E-state index contributed by atoms with van der Waals surface area (Å²) in [5.74, 6) is 0.407. The van der Waals surface area contributed by atoms with E-state index < -0.39 is 0 Å². The first kappa shape index (κ1) is 6.16. The fourth-order valence-corrected chi connectivity index (χ4v) is 1.67. The molecule has 1 aliphatic carbocycles. The third kappa shape index (κ3) is 0.814. The molecule has 56 valence electrons. The van der Waals surface area contributed by atoms with Crippen LogP contribution in [0.4, 0.5) is 0 Å². The molecule has 10 heavy (non-hydrogen) atoms. The van der Waals surface area contributed by atoms with E-state index in [1.807, 2.05) is 0 Å². The fourth-order valence-electron chi connectivity index (χ4n) is 1.67. The first-order chi connectivity index (χ1) is 4.81. The molecule has 0 aromatic heterocycles. The Morgan fingerprint density at radius 1 is 1.50 bits per heavy atom. The zero-order valence-corrected chi connectivity index (χ0v) is 5.96. The molecule has 2 aliphatic rings. The van der Waals surface area contributed by atoms with Crippen molar-refractivity contribution in [2.45, 2.75) is 25.0 Å². The van der Waals surface area contributed by atoms with Crippen LogP contribution in [-0.2, 0) is 9.53 Å². The number of amides is 1. The Kier molecular flexibility index (Phi) is 1.20. The van der Waals surface area contributed by atoms with Crippen LogP contribution in [0.1, 0.15) is 12.8 Å². The predicted octanol–water partition coefficient (Wildman–Crippen LogP) is -0.0902. The van der Waals surface area contributed by atoms with Gasteiger partial charge in [-0.2, -0.15) is 0 Å². The van der Waals surface area contributed by atoms with Crippen LogP contribution in [0.5, 0.6) is 0 Å². The van der Waals surface area contributed by atoms with Crippen LogP contribution in [0.15, 0.2) is 0 Å². The zero-order chi connectivity index (χ0) is 7.14.